The average Bonchev–Trinajstić information content (AvgIpc) is 2.79. The van der Waals surface area contributed by atoms with Gasteiger partial charge in [-0.15, -0.1) is 13.2 Å². The van der Waals surface area contributed by atoms with Crippen molar-refractivity contribution < 1.29 is 9.18 Å². The summed E-state index contributed by atoms with van der Waals surface area (Å²) in [5.74, 6) is -0.456. The van der Waals surface area contributed by atoms with E-state index in [-0.39, 0.29) is 5.78 Å². The van der Waals surface area contributed by atoms with Crippen molar-refractivity contribution >= 4 is 11.5 Å². The van der Waals surface area contributed by atoms with Gasteiger partial charge in [0.25, 0.3) is 0 Å². The van der Waals surface area contributed by atoms with E-state index in [0.717, 1.165) is 11.3 Å². The van der Waals surface area contributed by atoms with Crippen molar-refractivity contribution in [2.45, 2.75) is 24.9 Å². The molecule has 0 unspecified atom stereocenters. The highest BCUT2D eigenvalue weighted by Gasteiger charge is 2.49. The van der Waals surface area contributed by atoms with Gasteiger partial charge < -0.3 is 4.90 Å². The highest BCUT2D eigenvalue weighted by molar-refractivity contribution is 6.14. The van der Waals surface area contributed by atoms with Crippen LogP contribution >= 0.6 is 0 Å². The maximum atomic E-state index is 13.7. The van der Waals surface area contributed by atoms with Crippen LogP contribution < -0.4 is 4.90 Å². The van der Waals surface area contributed by atoms with E-state index in [1.165, 1.54) is 12.1 Å². The Balaban J connectivity index is 2.13. The van der Waals surface area contributed by atoms with Gasteiger partial charge in [-0.2, -0.15) is 0 Å². The molecule has 2 aromatic carbocycles. The van der Waals surface area contributed by atoms with Gasteiger partial charge in [0.15, 0.2) is 5.78 Å². The third-order valence-corrected chi connectivity index (χ3v) is 4.58. The summed E-state index contributed by atoms with van der Waals surface area (Å²) < 4.78 is 13.7. The summed E-state index contributed by atoms with van der Waals surface area (Å²) in [6.45, 7) is 8.22. The number of hydrogen-bond acceptors (Lipinski definition) is 2. The Morgan fingerprint density at radius 1 is 1.04 bits per heavy atom. The summed E-state index contributed by atoms with van der Waals surface area (Å²) in [6, 6.07) is 14.4. The number of carbonyl (C=O) groups is 1. The van der Waals surface area contributed by atoms with E-state index in [1.54, 1.807) is 18.2 Å². The summed E-state index contributed by atoms with van der Waals surface area (Å²) >= 11 is 0. The molecule has 2 nitrogen and oxygen atoms in total. The lowest BCUT2D eigenvalue weighted by Gasteiger charge is -2.38. The molecule has 24 heavy (non-hydrogen) atoms. The van der Waals surface area contributed by atoms with Crippen LogP contribution in [0, 0.1) is 5.82 Å². The normalized spacial score (nSPS) is 15.2. The minimum absolute atomic E-state index is 0.0623. The van der Waals surface area contributed by atoms with Crippen molar-refractivity contribution in [3.05, 3.63) is 90.8 Å². The fourth-order valence-electron chi connectivity index (χ4n) is 3.50. The van der Waals surface area contributed by atoms with Crippen LogP contribution in [0.25, 0.3) is 0 Å². The summed E-state index contributed by atoms with van der Waals surface area (Å²) in [6.07, 6.45) is 4.48. The van der Waals surface area contributed by atoms with Crippen molar-refractivity contribution in [3.8, 4) is 0 Å². The molecule has 0 atom stereocenters. The third-order valence-electron chi connectivity index (χ3n) is 4.58. The Hall–Kier alpha value is -2.68. The van der Waals surface area contributed by atoms with E-state index < -0.39 is 11.4 Å². The number of anilines is 1. The Labute approximate surface area is 141 Å². The molecule has 3 heteroatoms. The number of fused-ring (bicyclic) bond motifs is 1. The maximum absolute atomic E-state index is 13.7. The highest BCUT2D eigenvalue weighted by Crippen LogP contribution is 2.44. The molecule has 0 spiro atoms. The predicted octanol–water partition coefficient (Wildman–Crippen LogP) is 4.92. The van der Waals surface area contributed by atoms with E-state index in [9.17, 15) is 9.18 Å². The molecule has 0 fully saturated rings. The Morgan fingerprint density at radius 2 is 1.71 bits per heavy atom. The van der Waals surface area contributed by atoms with Gasteiger partial charge >= 0.3 is 0 Å². The molecule has 0 radical (unpaired) electrons. The number of nitrogens with zero attached hydrogens (tertiary/aromatic N) is 1. The van der Waals surface area contributed by atoms with Gasteiger partial charge in [0.2, 0.25) is 0 Å². The standard InChI is InChI=1S/C21H20FNO/c1-3-12-21(13-4-2)20(24)18-14-17(22)10-11-19(18)23(21)15-16-8-6-5-7-9-16/h3-11,14H,1-2,12-13,15H2. The Kier molecular flexibility index (Phi) is 4.34. The van der Waals surface area contributed by atoms with Crippen LogP contribution in [0.15, 0.2) is 73.8 Å². The number of rotatable bonds is 6. The minimum atomic E-state index is -0.782. The topological polar surface area (TPSA) is 20.3 Å². The molecule has 0 amide bonds. The number of carbonyl (C=O) groups excluding carboxylic acids is 1. The summed E-state index contributed by atoms with van der Waals surface area (Å²) in [5, 5.41) is 0. The number of halogens is 1. The first-order valence-corrected chi connectivity index (χ1v) is 8.00. The summed E-state index contributed by atoms with van der Waals surface area (Å²) in [4.78, 5) is 15.2. The molecule has 1 heterocycles. The number of benzene rings is 2. The first-order valence-electron chi connectivity index (χ1n) is 8.00. The molecule has 0 bridgehead atoms. The fourth-order valence-corrected chi connectivity index (χ4v) is 3.50. The molecule has 1 aliphatic rings. The summed E-state index contributed by atoms with van der Waals surface area (Å²) in [5.41, 5.74) is 1.53. The van der Waals surface area contributed by atoms with Crippen molar-refractivity contribution in [2.24, 2.45) is 0 Å². The van der Waals surface area contributed by atoms with E-state index in [0.29, 0.717) is 24.9 Å². The molecule has 0 aliphatic carbocycles. The van der Waals surface area contributed by atoms with Gasteiger partial charge in [0, 0.05) is 17.8 Å². The van der Waals surface area contributed by atoms with E-state index >= 15 is 0 Å². The number of hydrogen-bond donors (Lipinski definition) is 0. The second-order valence-electron chi connectivity index (χ2n) is 6.08. The van der Waals surface area contributed by atoms with E-state index in [4.69, 9.17) is 0 Å². The van der Waals surface area contributed by atoms with Gasteiger partial charge in [-0.1, -0.05) is 42.5 Å². The predicted molar refractivity (Wildman–Crippen MR) is 95.7 cm³/mol. The van der Waals surface area contributed by atoms with Crippen LogP contribution in [0.3, 0.4) is 0 Å². The SMILES string of the molecule is C=CCC1(CC=C)C(=O)c2cc(F)ccc2N1Cc1ccccc1. The van der Waals surface area contributed by atoms with Crippen LogP contribution in [-0.4, -0.2) is 11.3 Å². The molecule has 0 N–H and O–H groups in total. The lowest BCUT2D eigenvalue weighted by molar-refractivity contribution is 0.0900. The second kappa shape index (κ2) is 6.44. The molecular weight excluding hydrogens is 301 g/mol. The van der Waals surface area contributed by atoms with Crippen molar-refractivity contribution in [1.82, 2.24) is 0 Å². The molecule has 122 valence electrons. The highest BCUT2D eigenvalue weighted by atomic mass is 19.1. The fraction of sp³-hybridized carbons (Fsp3) is 0.190. The van der Waals surface area contributed by atoms with Crippen LogP contribution in [-0.2, 0) is 6.54 Å². The van der Waals surface area contributed by atoms with Gasteiger partial charge in [0.1, 0.15) is 11.4 Å². The molecule has 1 aliphatic heterocycles. The second-order valence-corrected chi connectivity index (χ2v) is 6.08. The van der Waals surface area contributed by atoms with Gasteiger partial charge in [-0.3, -0.25) is 4.79 Å². The Bertz CT molecular complexity index is 772. The number of ketones is 1. The maximum Gasteiger partial charge on any atom is 0.191 e. The molecule has 0 aromatic heterocycles. The summed E-state index contributed by atoms with van der Waals surface area (Å²) in [7, 11) is 0. The average molecular weight is 321 g/mol. The quantitative estimate of drug-likeness (QED) is 0.704. The Morgan fingerprint density at radius 3 is 2.33 bits per heavy atom. The van der Waals surface area contributed by atoms with Crippen molar-refractivity contribution in [2.75, 3.05) is 4.90 Å². The van der Waals surface area contributed by atoms with Gasteiger partial charge in [-0.05, 0) is 36.6 Å². The molecule has 3 rings (SSSR count). The lowest BCUT2D eigenvalue weighted by atomic mass is 9.85. The van der Waals surface area contributed by atoms with Crippen LogP contribution in [0.2, 0.25) is 0 Å². The van der Waals surface area contributed by atoms with Crippen LogP contribution in [0.1, 0.15) is 28.8 Å². The van der Waals surface area contributed by atoms with Crippen LogP contribution in [0.4, 0.5) is 10.1 Å². The smallest absolute Gasteiger partial charge is 0.191 e. The van der Waals surface area contributed by atoms with Crippen molar-refractivity contribution in [1.29, 1.82) is 0 Å². The first-order chi connectivity index (χ1) is 11.6. The molecule has 0 saturated carbocycles. The van der Waals surface area contributed by atoms with Gasteiger partial charge in [-0.25, -0.2) is 4.39 Å². The lowest BCUT2D eigenvalue weighted by Crippen LogP contribution is -2.49. The molecule has 0 saturated heterocycles. The number of Topliss-reactive ketones (excluding diaryl/α,β-unsaturated/α-hetero) is 1. The van der Waals surface area contributed by atoms with E-state index in [1.807, 2.05) is 30.3 Å². The monoisotopic (exact) mass is 321 g/mol. The zero-order chi connectivity index (χ0) is 17.2. The third kappa shape index (κ3) is 2.56. The zero-order valence-corrected chi connectivity index (χ0v) is 13.5. The molecule has 2 aromatic rings. The van der Waals surface area contributed by atoms with Gasteiger partial charge in [0.05, 0.1) is 0 Å². The zero-order valence-electron chi connectivity index (χ0n) is 13.5. The largest absolute Gasteiger partial charge is 0.353 e. The van der Waals surface area contributed by atoms with Crippen LogP contribution in [0.5, 0.6) is 0 Å². The molecular formula is C21H20FNO. The van der Waals surface area contributed by atoms with Crippen molar-refractivity contribution in [3.63, 3.8) is 0 Å². The minimum Gasteiger partial charge on any atom is -0.353 e. The first kappa shape index (κ1) is 16.2. The van der Waals surface area contributed by atoms with E-state index in [2.05, 4.69) is 18.1 Å².